The van der Waals surface area contributed by atoms with Gasteiger partial charge in [-0.3, -0.25) is 10.2 Å². The van der Waals surface area contributed by atoms with Crippen LogP contribution in [0, 0.1) is 0 Å². The number of anilines is 1. The Balaban J connectivity index is 1.39. The molecule has 0 radical (unpaired) electrons. The third kappa shape index (κ3) is 2.69. The van der Waals surface area contributed by atoms with Crippen LogP contribution in [0.2, 0.25) is 0 Å². The topological polar surface area (TPSA) is 125 Å². The Morgan fingerprint density at radius 3 is 2.93 bits per heavy atom. The predicted molar refractivity (Wildman–Crippen MR) is 101 cm³/mol. The number of aromatic amines is 2. The molecular weight excluding hydrogens is 362 g/mol. The molecule has 9 nitrogen and oxygen atoms in total. The van der Waals surface area contributed by atoms with Crippen molar-refractivity contribution < 1.29 is 19.4 Å². The Kier molecular flexibility index (Phi) is 3.64. The van der Waals surface area contributed by atoms with E-state index in [1.165, 1.54) is 0 Å². The minimum absolute atomic E-state index is 0.00279. The minimum atomic E-state index is -1.07. The lowest BCUT2D eigenvalue weighted by Gasteiger charge is -2.08. The molecule has 0 fully saturated rings. The first-order chi connectivity index (χ1) is 13.7. The number of fused-ring (bicyclic) bond motifs is 2. The molecule has 0 spiro atoms. The molecule has 0 saturated heterocycles. The van der Waals surface area contributed by atoms with Gasteiger partial charge in [-0.05, 0) is 36.4 Å². The molecule has 9 heteroatoms. The summed E-state index contributed by atoms with van der Waals surface area (Å²) in [5.41, 5.74) is 4.24. The van der Waals surface area contributed by atoms with Crippen LogP contribution >= 0.6 is 0 Å². The molecule has 0 amide bonds. The summed E-state index contributed by atoms with van der Waals surface area (Å²) in [7, 11) is 0. The molecule has 2 aromatic carbocycles. The number of nitrogens with zero attached hydrogens (tertiary/aromatic N) is 2. The molecule has 140 valence electrons. The van der Waals surface area contributed by atoms with Crippen LogP contribution in [0.15, 0.2) is 42.6 Å². The molecular formula is C19H15N5O4. The number of ether oxygens (including phenoxy) is 2. The Hall–Kier alpha value is -4.01. The van der Waals surface area contributed by atoms with Gasteiger partial charge in [0.05, 0.1) is 17.4 Å². The van der Waals surface area contributed by atoms with E-state index < -0.39 is 5.97 Å². The van der Waals surface area contributed by atoms with Crippen LogP contribution in [-0.4, -0.2) is 38.3 Å². The molecule has 0 unspecified atom stereocenters. The normalized spacial score (nSPS) is 12.4. The van der Waals surface area contributed by atoms with Crippen LogP contribution < -0.4 is 14.8 Å². The lowest BCUT2D eigenvalue weighted by molar-refractivity contribution is 0.0692. The van der Waals surface area contributed by atoms with Crippen LogP contribution in [0.3, 0.4) is 0 Å². The summed E-state index contributed by atoms with van der Waals surface area (Å²) in [4.78, 5) is 11.3. The molecule has 0 aliphatic carbocycles. The molecule has 28 heavy (non-hydrogen) atoms. The number of benzene rings is 2. The largest absolute Gasteiger partial charge is 0.476 e. The zero-order valence-corrected chi connectivity index (χ0v) is 14.5. The number of H-pyrrole nitrogens is 2. The van der Waals surface area contributed by atoms with Crippen LogP contribution in [-0.2, 0) is 6.54 Å². The monoisotopic (exact) mass is 377 g/mol. The van der Waals surface area contributed by atoms with Gasteiger partial charge < -0.3 is 19.9 Å². The van der Waals surface area contributed by atoms with E-state index in [1.807, 2.05) is 24.3 Å². The van der Waals surface area contributed by atoms with Gasteiger partial charge in [-0.2, -0.15) is 10.2 Å². The second-order valence-corrected chi connectivity index (χ2v) is 6.33. The average molecular weight is 377 g/mol. The van der Waals surface area contributed by atoms with Crippen LogP contribution in [0.1, 0.15) is 16.1 Å². The van der Waals surface area contributed by atoms with Crippen molar-refractivity contribution in [3.8, 4) is 22.8 Å². The molecule has 1 aliphatic heterocycles. The maximum Gasteiger partial charge on any atom is 0.357 e. The fourth-order valence-electron chi connectivity index (χ4n) is 3.23. The van der Waals surface area contributed by atoms with Gasteiger partial charge in [-0.25, -0.2) is 4.79 Å². The van der Waals surface area contributed by atoms with E-state index in [0.717, 1.165) is 28.3 Å². The van der Waals surface area contributed by atoms with Crippen molar-refractivity contribution in [2.75, 3.05) is 12.1 Å². The molecule has 4 aromatic rings. The van der Waals surface area contributed by atoms with Crippen molar-refractivity contribution in [3.63, 3.8) is 0 Å². The Labute approximate surface area is 158 Å². The number of hydrogen-bond acceptors (Lipinski definition) is 6. The van der Waals surface area contributed by atoms with Crippen LogP contribution in [0.4, 0.5) is 5.69 Å². The first-order valence-electron chi connectivity index (χ1n) is 8.56. The number of carboxylic acids is 1. The van der Waals surface area contributed by atoms with Gasteiger partial charge in [0.15, 0.2) is 17.2 Å². The lowest BCUT2D eigenvalue weighted by Crippen LogP contribution is -2.01. The van der Waals surface area contributed by atoms with Crippen LogP contribution in [0.5, 0.6) is 11.5 Å². The number of aromatic nitrogens is 4. The Morgan fingerprint density at radius 1 is 1.14 bits per heavy atom. The summed E-state index contributed by atoms with van der Waals surface area (Å²) < 4.78 is 10.8. The van der Waals surface area contributed by atoms with E-state index in [1.54, 1.807) is 18.3 Å². The van der Waals surface area contributed by atoms with E-state index in [4.69, 9.17) is 9.47 Å². The fraction of sp³-hybridized carbons (Fsp3) is 0.105. The van der Waals surface area contributed by atoms with E-state index in [0.29, 0.717) is 23.2 Å². The maximum absolute atomic E-state index is 11.3. The average Bonchev–Trinajstić information content (AvgIpc) is 3.43. The summed E-state index contributed by atoms with van der Waals surface area (Å²) in [5.74, 6) is 0.367. The maximum atomic E-state index is 11.3. The number of hydrogen-bond donors (Lipinski definition) is 4. The number of aromatic carboxylic acids is 1. The highest BCUT2D eigenvalue weighted by atomic mass is 16.7. The number of carboxylic acid groups (broad SMARTS) is 1. The molecule has 1 aliphatic rings. The summed E-state index contributed by atoms with van der Waals surface area (Å²) in [5, 5.41) is 26.8. The Bertz CT molecular complexity index is 1200. The van der Waals surface area contributed by atoms with Crippen molar-refractivity contribution in [1.29, 1.82) is 0 Å². The van der Waals surface area contributed by atoms with E-state index >= 15 is 0 Å². The van der Waals surface area contributed by atoms with Gasteiger partial charge in [-0.15, -0.1) is 0 Å². The summed E-state index contributed by atoms with van der Waals surface area (Å²) >= 11 is 0. The summed E-state index contributed by atoms with van der Waals surface area (Å²) in [6.07, 6.45) is 1.76. The van der Waals surface area contributed by atoms with Crippen molar-refractivity contribution in [1.82, 2.24) is 20.4 Å². The molecule has 3 heterocycles. The third-order valence-corrected chi connectivity index (χ3v) is 4.63. The standard InChI is InChI=1S/C19H15N5O4/c25-19(26)18-13-6-12(2-3-14(13)22-24-18)20-7-11-8-21-23-17(11)10-1-4-15-16(5-10)28-9-27-15/h1-6,8,20H,7,9H2,(H,21,23)(H,22,24)(H,25,26). The predicted octanol–water partition coefficient (Wildman–Crippen LogP) is 2.99. The molecule has 2 aromatic heterocycles. The highest BCUT2D eigenvalue weighted by molar-refractivity contribution is 6.01. The zero-order valence-electron chi connectivity index (χ0n) is 14.5. The second-order valence-electron chi connectivity index (χ2n) is 6.33. The summed E-state index contributed by atoms with van der Waals surface area (Å²) in [6, 6.07) is 11.2. The van der Waals surface area contributed by atoms with E-state index in [2.05, 4.69) is 25.7 Å². The Morgan fingerprint density at radius 2 is 2.04 bits per heavy atom. The highest BCUT2D eigenvalue weighted by Gasteiger charge is 2.17. The number of nitrogens with one attached hydrogen (secondary N) is 3. The summed E-state index contributed by atoms with van der Waals surface area (Å²) in [6.45, 7) is 0.733. The van der Waals surface area contributed by atoms with Gasteiger partial charge in [0.1, 0.15) is 0 Å². The molecule has 5 rings (SSSR count). The van der Waals surface area contributed by atoms with Gasteiger partial charge in [0.25, 0.3) is 0 Å². The zero-order chi connectivity index (χ0) is 19.1. The first kappa shape index (κ1) is 16.2. The van der Waals surface area contributed by atoms with Crippen molar-refractivity contribution in [2.24, 2.45) is 0 Å². The minimum Gasteiger partial charge on any atom is -0.476 e. The highest BCUT2D eigenvalue weighted by Crippen LogP contribution is 2.36. The van der Waals surface area contributed by atoms with Gasteiger partial charge >= 0.3 is 5.97 Å². The van der Waals surface area contributed by atoms with E-state index in [-0.39, 0.29) is 12.5 Å². The first-order valence-corrected chi connectivity index (χ1v) is 8.56. The molecule has 0 saturated carbocycles. The third-order valence-electron chi connectivity index (χ3n) is 4.63. The molecule has 0 atom stereocenters. The molecule has 0 bridgehead atoms. The van der Waals surface area contributed by atoms with Gasteiger partial charge in [0, 0.05) is 28.7 Å². The van der Waals surface area contributed by atoms with Crippen molar-refractivity contribution in [3.05, 3.63) is 53.9 Å². The van der Waals surface area contributed by atoms with Crippen molar-refractivity contribution >= 4 is 22.6 Å². The smallest absolute Gasteiger partial charge is 0.357 e. The number of rotatable bonds is 5. The van der Waals surface area contributed by atoms with Gasteiger partial charge in [-0.1, -0.05) is 0 Å². The fourth-order valence-corrected chi connectivity index (χ4v) is 3.23. The quantitative estimate of drug-likeness (QED) is 0.421. The van der Waals surface area contributed by atoms with Crippen LogP contribution in [0.25, 0.3) is 22.2 Å². The van der Waals surface area contributed by atoms with E-state index in [9.17, 15) is 9.90 Å². The van der Waals surface area contributed by atoms with Gasteiger partial charge in [0.2, 0.25) is 6.79 Å². The second kappa shape index (κ2) is 6.31. The SMILES string of the molecule is O=C(O)c1n[nH]c2ccc(NCc3cn[nH]c3-c3ccc4c(c3)OCO4)cc12. The lowest BCUT2D eigenvalue weighted by atomic mass is 10.1. The molecule has 4 N–H and O–H groups in total. The number of carbonyl (C=O) groups is 1. The van der Waals surface area contributed by atoms with Crippen molar-refractivity contribution in [2.45, 2.75) is 6.54 Å².